The lowest BCUT2D eigenvalue weighted by molar-refractivity contribution is -0.137. The van der Waals surface area contributed by atoms with Crippen molar-refractivity contribution in [3.05, 3.63) is 60.3 Å². The van der Waals surface area contributed by atoms with E-state index in [9.17, 15) is 13.2 Å². The molecule has 0 aliphatic heterocycles. The van der Waals surface area contributed by atoms with E-state index in [2.05, 4.69) is 34.4 Å². The molecule has 0 saturated carbocycles. The standard InChI is InChI=1S/C25H29F3N4O2/c1-5-17(4)34-22-9-7-6-8-21(22)31-23-20(25(26,27)28)14-29-24(32-23)30-18-10-12-19(13-11-18)33-15-16(2)3/h6-14,16-17H,5,15H2,1-4H3,(H2,29,30,31,32). The van der Waals surface area contributed by atoms with Gasteiger partial charge < -0.3 is 20.1 Å². The van der Waals surface area contributed by atoms with Crippen LogP contribution in [-0.4, -0.2) is 22.7 Å². The largest absolute Gasteiger partial charge is 0.493 e. The van der Waals surface area contributed by atoms with Crippen molar-refractivity contribution in [3.63, 3.8) is 0 Å². The molecule has 1 atom stereocenters. The van der Waals surface area contributed by atoms with Gasteiger partial charge in [-0.2, -0.15) is 18.2 Å². The van der Waals surface area contributed by atoms with Gasteiger partial charge in [-0.05, 0) is 55.7 Å². The molecular formula is C25H29F3N4O2. The van der Waals surface area contributed by atoms with Crippen LogP contribution < -0.4 is 20.1 Å². The van der Waals surface area contributed by atoms with E-state index in [0.717, 1.165) is 12.6 Å². The number of hydrogen-bond donors (Lipinski definition) is 2. The molecule has 34 heavy (non-hydrogen) atoms. The summed E-state index contributed by atoms with van der Waals surface area (Å²) in [6, 6.07) is 13.9. The third-order valence-electron chi connectivity index (χ3n) is 4.83. The van der Waals surface area contributed by atoms with Gasteiger partial charge in [0.1, 0.15) is 22.9 Å². The summed E-state index contributed by atoms with van der Waals surface area (Å²) in [5.74, 6) is 1.18. The third kappa shape index (κ3) is 7.00. The van der Waals surface area contributed by atoms with Crippen molar-refractivity contribution in [3.8, 4) is 11.5 Å². The van der Waals surface area contributed by atoms with Crippen LogP contribution in [0.4, 0.5) is 36.3 Å². The van der Waals surface area contributed by atoms with Crippen LogP contribution in [0.1, 0.15) is 39.7 Å². The second-order valence-corrected chi connectivity index (χ2v) is 8.27. The molecule has 0 saturated heterocycles. The molecule has 1 unspecified atom stereocenters. The second kappa shape index (κ2) is 11.1. The first-order valence-electron chi connectivity index (χ1n) is 11.1. The van der Waals surface area contributed by atoms with Crippen LogP contribution in [0.25, 0.3) is 0 Å². The maximum atomic E-state index is 13.7. The first-order chi connectivity index (χ1) is 16.2. The number of ether oxygens (including phenoxy) is 2. The topological polar surface area (TPSA) is 68.3 Å². The van der Waals surface area contributed by atoms with E-state index >= 15 is 0 Å². The number of nitrogens with one attached hydrogen (secondary N) is 2. The molecule has 2 aromatic carbocycles. The summed E-state index contributed by atoms with van der Waals surface area (Å²) in [6.45, 7) is 8.56. The van der Waals surface area contributed by atoms with Crippen LogP contribution in [0.15, 0.2) is 54.7 Å². The van der Waals surface area contributed by atoms with Gasteiger partial charge in [0.05, 0.1) is 18.4 Å². The predicted octanol–water partition coefficient (Wildman–Crippen LogP) is 7.19. The van der Waals surface area contributed by atoms with Crippen LogP contribution in [0, 0.1) is 5.92 Å². The molecule has 0 amide bonds. The molecule has 182 valence electrons. The summed E-state index contributed by atoms with van der Waals surface area (Å²) < 4.78 is 52.5. The van der Waals surface area contributed by atoms with Gasteiger partial charge in [-0.15, -0.1) is 0 Å². The fourth-order valence-corrected chi connectivity index (χ4v) is 2.87. The normalized spacial score (nSPS) is 12.4. The average molecular weight is 475 g/mol. The number of rotatable bonds is 10. The van der Waals surface area contributed by atoms with Crippen molar-refractivity contribution in [1.82, 2.24) is 9.97 Å². The Balaban J connectivity index is 1.85. The molecule has 3 aromatic rings. The van der Waals surface area contributed by atoms with Crippen LogP contribution in [0.3, 0.4) is 0 Å². The Morgan fingerprint density at radius 3 is 2.32 bits per heavy atom. The lowest BCUT2D eigenvalue weighted by atomic mass is 10.2. The van der Waals surface area contributed by atoms with E-state index in [0.29, 0.717) is 35.4 Å². The number of anilines is 4. The summed E-state index contributed by atoms with van der Waals surface area (Å²) in [5.41, 5.74) is 0.0153. The van der Waals surface area contributed by atoms with Crippen molar-refractivity contribution in [2.24, 2.45) is 5.92 Å². The Morgan fingerprint density at radius 2 is 1.68 bits per heavy atom. The molecule has 3 rings (SSSR count). The lowest BCUT2D eigenvalue weighted by Crippen LogP contribution is -2.14. The van der Waals surface area contributed by atoms with Crippen LogP contribution in [0.5, 0.6) is 11.5 Å². The van der Waals surface area contributed by atoms with Gasteiger partial charge >= 0.3 is 6.18 Å². The summed E-state index contributed by atoms with van der Waals surface area (Å²) in [7, 11) is 0. The number of benzene rings is 2. The van der Waals surface area contributed by atoms with Gasteiger partial charge in [0, 0.05) is 11.9 Å². The van der Waals surface area contributed by atoms with E-state index in [-0.39, 0.29) is 17.9 Å². The van der Waals surface area contributed by atoms with E-state index in [1.54, 1.807) is 48.5 Å². The molecule has 1 aromatic heterocycles. The second-order valence-electron chi connectivity index (χ2n) is 8.27. The first kappa shape index (κ1) is 25.1. The Kier molecular flexibility index (Phi) is 8.20. The fraction of sp³-hybridized carbons (Fsp3) is 0.360. The van der Waals surface area contributed by atoms with Gasteiger partial charge in [-0.1, -0.05) is 32.9 Å². The van der Waals surface area contributed by atoms with Crippen molar-refractivity contribution in [2.45, 2.75) is 46.4 Å². The number of para-hydroxylation sites is 2. The Labute approximate surface area is 197 Å². The summed E-state index contributed by atoms with van der Waals surface area (Å²) in [5, 5.41) is 5.72. The number of nitrogens with zero attached hydrogens (tertiary/aromatic N) is 2. The molecule has 0 radical (unpaired) electrons. The number of aromatic nitrogens is 2. The molecule has 0 aliphatic rings. The molecule has 1 heterocycles. The highest BCUT2D eigenvalue weighted by atomic mass is 19.4. The van der Waals surface area contributed by atoms with Gasteiger partial charge in [0.25, 0.3) is 0 Å². The Bertz CT molecular complexity index is 1070. The van der Waals surface area contributed by atoms with Gasteiger partial charge in [-0.3, -0.25) is 0 Å². The zero-order chi connectivity index (χ0) is 24.7. The average Bonchev–Trinajstić information content (AvgIpc) is 2.79. The fourth-order valence-electron chi connectivity index (χ4n) is 2.87. The zero-order valence-corrected chi connectivity index (χ0v) is 19.6. The number of halogens is 3. The monoisotopic (exact) mass is 474 g/mol. The minimum absolute atomic E-state index is 0.0201. The zero-order valence-electron chi connectivity index (χ0n) is 19.6. The Morgan fingerprint density at radius 1 is 0.971 bits per heavy atom. The number of alkyl halides is 3. The van der Waals surface area contributed by atoms with E-state index < -0.39 is 11.7 Å². The van der Waals surface area contributed by atoms with Crippen LogP contribution >= 0.6 is 0 Å². The van der Waals surface area contributed by atoms with E-state index in [4.69, 9.17) is 9.47 Å². The molecule has 9 heteroatoms. The SMILES string of the molecule is CCC(C)Oc1ccccc1Nc1nc(Nc2ccc(OCC(C)C)cc2)ncc1C(F)(F)F. The maximum absolute atomic E-state index is 13.7. The molecule has 2 N–H and O–H groups in total. The van der Waals surface area contributed by atoms with Crippen molar-refractivity contribution in [2.75, 3.05) is 17.2 Å². The molecule has 0 aliphatic carbocycles. The summed E-state index contributed by atoms with van der Waals surface area (Å²) >= 11 is 0. The smallest absolute Gasteiger partial charge is 0.421 e. The van der Waals surface area contributed by atoms with E-state index in [1.807, 2.05) is 13.8 Å². The highest BCUT2D eigenvalue weighted by Crippen LogP contribution is 2.37. The minimum atomic E-state index is -4.64. The van der Waals surface area contributed by atoms with Crippen molar-refractivity contribution in [1.29, 1.82) is 0 Å². The van der Waals surface area contributed by atoms with Crippen LogP contribution in [0.2, 0.25) is 0 Å². The van der Waals surface area contributed by atoms with Gasteiger partial charge in [-0.25, -0.2) is 4.98 Å². The first-order valence-corrected chi connectivity index (χ1v) is 11.1. The third-order valence-corrected chi connectivity index (χ3v) is 4.83. The minimum Gasteiger partial charge on any atom is -0.493 e. The summed E-state index contributed by atoms with van der Waals surface area (Å²) in [4.78, 5) is 7.98. The Hall–Kier alpha value is -3.49. The molecule has 0 bridgehead atoms. The van der Waals surface area contributed by atoms with Gasteiger partial charge in [0.15, 0.2) is 0 Å². The molecule has 0 spiro atoms. The van der Waals surface area contributed by atoms with Crippen molar-refractivity contribution < 1.29 is 22.6 Å². The highest BCUT2D eigenvalue weighted by Gasteiger charge is 2.35. The molecule has 0 fully saturated rings. The van der Waals surface area contributed by atoms with Gasteiger partial charge in [0.2, 0.25) is 5.95 Å². The maximum Gasteiger partial charge on any atom is 0.421 e. The predicted molar refractivity (Wildman–Crippen MR) is 127 cm³/mol. The molecule has 6 nitrogen and oxygen atoms in total. The number of hydrogen-bond acceptors (Lipinski definition) is 6. The highest BCUT2D eigenvalue weighted by molar-refractivity contribution is 5.67. The van der Waals surface area contributed by atoms with Crippen LogP contribution in [-0.2, 0) is 6.18 Å². The quantitative estimate of drug-likeness (QED) is 0.324. The lowest BCUT2D eigenvalue weighted by Gasteiger charge is -2.19. The van der Waals surface area contributed by atoms with Crippen molar-refractivity contribution >= 4 is 23.1 Å². The molecular weight excluding hydrogens is 445 g/mol. The van der Waals surface area contributed by atoms with E-state index in [1.165, 1.54) is 0 Å². The summed E-state index contributed by atoms with van der Waals surface area (Å²) in [6.07, 6.45) is -3.22.